The zero-order valence-corrected chi connectivity index (χ0v) is 17.3. The first-order chi connectivity index (χ1) is 13.0. The lowest BCUT2D eigenvalue weighted by molar-refractivity contribution is 0.252. The molecule has 1 saturated carbocycles. The second-order valence-electron chi connectivity index (χ2n) is 7.81. The number of guanidine groups is 1. The number of halogens is 1. The molecule has 2 unspecified atom stereocenters. The first-order valence-corrected chi connectivity index (χ1v) is 10.3. The summed E-state index contributed by atoms with van der Waals surface area (Å²) < 4.78 is 5.51. The van der Waals surface area contributed by atoms with E-state index in [2.05, 4.69) is 29.4 Å². The van der Waals surface area contributed by atoms with Crippen LogP contribution in [-0.2, 0) is 0 Å². The molecule has 27 heavy (non-hydrogen) atoms. The summed E-state index contributed by atoms with van der Waals surface area (Å²) in [5.74, 6) is 1.61. The molecular formula is C20H32ClN5O. The van der Waals surface area contributed by atoms with Gasteiger partial charge in [0.15, 0.2) is 5.96 Å². The molecule has 2 aliphatic rings. The standard InChI is InChI=1S/C20H32ClN5O/c1-13-11-26(12-14(2)23-13)20(24-17-7-5-4-6-16(17)22)25-18-10-15(21)8-9-19(18)27-3/h8-10,13-14,16-17,23H,4-7,11-12,22H2,1-3H3,(H,24,25)/t13?,14?,16-,17-/m0/s1. The highest BCUT2D eigenvalue weighted by atomic mass is 35.5. The lowest BCUT2D eigenvalue weighted by Gasteiger charge is -2.39. The van der Waals surface area contributed by atoms with E-state index < -0.39 is 0 Å². The topological polar surface area (TPSA) is 74.9 Å². The van der Waals surface area contributed by atoms with E-state index in [0.717, 1.165) is 43.3 Å². The molecule has 2 fully saturated rings. The molecule has 0 bridgehead atoms. The van der Waals surface area contributed by atoms with Crippen LogP contribution in [0.4, 0.5) is 5.69 Å². The van der Waals surface area contributed by atoms with Gasteiger partial charge in [0.1, 0.15) is 5.75 Å². The lowest BCUT2D eigenvalue weighted by atomic mass is 9.91. The minimum absolute atomic E-state index is 0.120. The van der Waals surface area contributed by atoms with Crippen LogP contribution in [0.15, 0.2) is 23.2 Å². The molecule has 0 amide bonds. The predicted molar refractivity (Wildman–Crippen MR) is 113 cm³/mol. The molecule has 1 aliphatic carbocycles. The van der Waals surface area contributed by atoms with Gasteiger partial charge in [-0.1, -0.05) is 24.4 Å². The van der Waals surface area contributed by atoms with Gasteiger partial charge in [-0.3, -0.25) is 0 Å². The molecule has 1 aromatic rings. The third-order valence-corrected chi connectivity index (χ3v) is 5.57. The van der Waals surface area contributed by atoms with Gasteiger partial charge in [-0.15, -0.1) is 0 Å². The van der Waals surface area contributed by atoms with Gasteiger partial charge in [0.25, 0.3) is 0 Å². The fraction of sp³-hybridized carbons (Fsp3) is 0.650. The van der Waals surface area contributed by atoms with Crippen LogP contribution in [0.25, 0.3) is 0 Å². The van der Waals surface area contributed by atoms with Crippen molar-refractivity contribution in [3.05, 3.63) is 23.2 Å². The van der Waals surface area contributed by atoms with E-state index in [0.29, 0.717) is 17.1 Å². The Morgan fingerprint density at radius 3 is 2.63 bits per heavy atom. The fourth-order valence-corrected chi connectivity index (χ4v) is 4.22. The number of methoxy groups -OCH3 is 1. The normalized spacial score (nSPS) is 29.5. The highest BCUT2D eigenvalue weighted by molar-refractivity contribution is 6.31. The second-order valence-corrected chi connectivity index (χ2v) is 8.25. The van der Waals surface area contributed by atoms with Gasteiger partial charge in [0.05, 0.1) is 18.8 Å². The Morgan fingerprint density at radius 1 is 1.26 bits per heavy atom. The second kappa shape index (κ2) is 9.13. The Morgan fingerprint density at radius 2 is 1.96 bits per heavy atom. The summed E-state index contributed by atoms with van der Waals surface area (Å²) in [7, 11) is 1.66. The van der Waals surface area contributed by atoms with E-state index in [4.69, 9.17) is 27.1 Å². The molecule has 0 aromatic heterocycles. The van der Waals surface area contributed by atoms with Crippen molar-refractivity contribution in [3.8, 4) is 5.75 Å². The van der Waals surface area contributed by atoms with E-state index in [9.17, 15) is 0 Å². The molecule has 150 valence electrons. The molecule has 7 heteroatoms. The highest BCUT2D eigenvalue weighted by Gasteiger charge is 2.27. The van der Waals surface area contributed by atoms with Crippen LogP contribution in [-0.4, -0.2) is 55.2 Å². The van der Waals surface area contributed by atoms with Crippen molar-refractivity contribution in [2.45, 2.75) is 63.7 Å². The van der Waals surface area contributed by atoms with Crippen molar-refractivity contribution < 1.29 is 4.74 Å². The van der Waals surface area contributed by atoms with Gasteiger partial charge in [0, 0.05) is 36.2 Å². The first kappa shape index (κ1) is 20.2. The number of piperazine rings is 1. The van der Waals surface area contributed by atoms with Crippen molar-refractivity contribution in [2.24, 2.45) is 10.7 Å². The summed E-state index contributed by atoms with van der Waals surface area (Å²) in [4.78, 5) is 7.40. The van der Waals surface area contributed by atoms with E-state index in [-0.39, 0.29) is 12.1 Å². The Bertz CT molecular complexity index is 658. The zero-order valence-electron chi connectivity index (χ0n) is 16.5. The highest BCUT2D eigenvalue weighted by Crippen LogP contribution is 2.29. The lowest BCUT2D eigenvalue weighted by Crippen LogP contribution is -2.57. The van der Waals surface area contributed by atoms with Crippen molar-refractivity contribution in [1.29, 1.82) is 0 Å². The van der Waals surface area contributed by atoms with Gasteiger partial charge < -0.3 is 26.0 Å². The number of nitrogens with zero attached hydrogens (tertiary/aromatic N) is 2. The number of ether oxygens (including phenoxy) is 1. The van der Waals surface area contributed by atoms with Gasteiger partial charge in [-0.25, -0.2) is 4.99 Å². The largest absolute Gasteiger partial charge is 0.495 e. The maximum Gasteiger partial charge on any atom is 0.199 e. The summed E-state index contributed by atoms with van der Waals surface area (Å²) in [5.41, 5.74) is 7.20. The Hall–Kier alpha value is -1.50. The van der Waals surface area contributed by atoms with Crippen LogP contribution in [0.1, 0.15) is 39.5 Å². The number of hydrogen-bond donors (Lipinski definition) is 3. The minimum atomic E-state index is 0.120. The van der Waals surface area contributed by atoms with Crippen LogP contribution >= 0.6 is 11.6 Å². The molecule has 6 nitrogen and oxygen atoms in total. The smallest absolute Gasteiger partial charge is 0.199 e. The monoisotopic (exact) mass is 393 g/mol. The van der Waals surface area contributed by atoms with E-state index in [1.165, 1.54) is 12.8 Å². The molecule has 0 radical (unpaired) electrons. The van der Waals surface area contributed by atoms with Gasteiger partial charge in [0.2, 0.25) is 0 Å². The minimum Gasteiger partial charge on any atom is -0.495 e. The van der Waals surface area contributed by atoms with Crippen LogP contribution in [0.5, 0.6) is 5.75 Å². The number of hydrogen-bond acceptors (Lipinski definition) is 4. The van der Waals surface area contributed by atoms with E-state index in [1.54, 1.807) is 7.11 Å². The van der Waals surface area contributed by atoms with Crippen molar-refractivity contribution in [2.75, 3.05) is 25.5 Å². The van der Waals surface area contributed by atoms with Crippen molar-refractivity contribution in [1.82, 2.24) is 10.2 Å². The molecule has 1 aliphatic heterocycles. The summed E-state index contributed by atoms with van der Waals surface area (Å²) >= 11 is 6.23. The Labute approximate surface area is 167 Å². The number of nitrogens with one attached hydrogen (secondary N) is 2. The number of rotatable bonds is 3. The molecule has 1 aromatic carbocycles. The zero-order chi connectivity index (χ0) is 19.4. The van der Waals surface area contributed by atoms with Crippen LogP contribution in [0.3, 0.4) is 0 Å². The van der Waals surface area contributed by atoms with E-state index >= 15 is 0 Å². The molecule has 1 saturated heterocycles. The van der Waals surface area contributed by atoms with E-state index in [1.807, 2.05) is 18.2 Å². The van der Waals surface area contributed by atoms with Crippen LogP contribution < -0.4 is 21.1 Å². The Balaban J connectivity index is 1.91. The number of anilines is 1. The van der Waals surface area contributed by atoms with Crippen molar-refractivity contribution >= 4 is 23.2 Å². The average molecular weight is 394 g/mol. The third-order valence-electron chi connectivity index (χ3n) is 5.33. The van der Waals surface area contributed by atoms with Crippen molar-refractivity contribution in [3.63, 3.8) is 0 Å². The summed E-state index contributed by atoms with van der Waals surface area (Å²) in [6, 6.07) is 6.63. The average Bonchev–Trinajstić information content (AvgIpc) is 2.62. The molecular weight excluding hydrogens is 362 g/mol. The number of nitrogens with two attached hydrogens (primary N) is 1. The quantitative estimate of drug-likeness (QED) is 0.543. The molecule has 1 heterocycles. The van der Waals surface area contributed by atoms with Crippen LogP contribution in [0, 0.1) is 0 Å². The van der Waals surface area contributed by atoms with Gasteiger partial charge >= 0.3 is 0 Å². The molecule has 3 rings (SSSR count). The SMILES string of the molecule is COc1ccc(Cl)cc1NC(=N[C@H]1CCCC[C@@H]1N)N1CC(C)NC(C)C1. The first-order valence-electron chi connectivity index (χ1n) is 9.91. The van der Waals surface area contributed by atoms with Gasteiger partial charge in [-0.2, -0.15) is 0 Å². The molecule has 4 atom stereocenters. The number of benzene rings is 1. The molecule has 0 spiro atoms. The fourth-order valence-electron chi connectivity index (χ4n) is 4.05. The Kier molecular flexibility index (Phi) is 6.84. The summed E-state index contributed by atoms with van der Waals surface area (Å²) in [5, 5.41) is 7.74. The third kappa shape index (κ3) is 5.27. The predicted octanol–water partition coefficient (Wildman–Crippen LogP) is 3.07. The van der Waals surface area contributed by atoms with Gasteiger partial charge in [-0.05, 0) is 44.9 Å². The maximum absolute atomic E-state index is 6.37. The summed E-state index contributed by atoms with van der Waals surface area (Å²) in [6.45, 7) is 6.18. The number of aliphatic imine (C=N–C) groups is 1. The summed E-state index contributed by atoms with van der Waals surface area (Å²) in [6.07, 6.45) is 4.45. The maximum atomic E-state index is 6.37. The molecule has 4 N–H and O–H groups in total. The van der Waals surface area contributed by atoms with Crippen LogP contribution in [0.2, 0.25) is 5.02 Å².